The first-order valence-corrected chi connectivity index (χ1v) is 13.8. The molecule has 0 fully saturated rings. The fraction of sp³-hybridized carbons (Fsp3) is 0.286. The van der Waals surface area contributed by atoms with Crippen LogP contribution in [0.3, 0.4) is 0 Å². The molecule has 0 bridgehead atoms. The summed E-state index contributed by atoms with van der Waals surface area (Å²) >= 11 is 4.71. The van der Waals surface area contributed by atoms with E-state index in [2.05, 4.69) is 20.9 Å². The molecule has 0 aliphatic carbocycles. The lowest BCUT2D eigenvalue weighted by Gasteiger charge is -2.25. The summed E-state index contributed by atoms with van der Waals surface area (Å²) in [7, 11) is 1.56. The highest BCUT2D eigenvalue weighted by molar-refractivity contribution is 9.10. The molecule has 4 rings (SSSR count). The summed E-state index contributed by atoms with van der Waals surface area (Å²) in [5, 5.41) is 0. The number of esters is 2. The molecule has 0 saturated carbocycles. The van der Waals surface area contributed by atoms with Gasteiger partial charge in [-0.25, -0.2) is 14.6 Å². The molecule has 1 atom stereocenters. The minimum absolute atomic E-state index is 0.182. The molecule has 3 aromatic rings. The van der Waals surface area contributed by atoms with Crippen LogP contribution in [0.5, 0.6) is 11.5 Å². The van der Waals surface area contributed by atoms with Crippen molar-refractivity contribution in [1.29, 1.82) is 0 Å². The summed E-state index contributed by atoms with van der Waals surface area (Å²) in [4.78, 5) is 43.8. The fourth-order valence-corrected chi connectivity index (χ4v) is 5.77. The maximum absolute atomic E-state index is 13.9. The first kappa shape index (κ1) is 28.3. The number of allylic oxidation sites excluding steroid dienone is 1. The maximum Gasteiger partial charge on any atom is 0.344 e. The predicted molar refractivity (Wildman–Crippen MR) is 150 cm³/mol. The second-order valence-electron chi connectivity index (χ2n) is 8.33. The molecule has 0 unspecified atom stereocenters. The zero-order chi connectivity index (χ0) is 28.1. The molecule has 0 N–H and O–H groups in total. The van der Waals surface area contributed by atoms with Crippen LogP contribution < -0.4 is 24.4 Å². The van der Waals surface area contributed by atoms with Crippen molar-refractivity contribution in [3.05, 3.63) is 89.0 Å². The van der Waals surface area contributed by atoms with Crippen LogP contribution in [-0.4, -0.2) is 43.4 Å². The van der Waals surface area contributed by atoms with E-state index in [1.807, 2.05) is 12.1 Å². The van der Waals surface area contributed by atoms with E-state index in [4.69, 9.17) is 18.9 Å². The van der Waals surface area contributed by atoms with Crippen molar-refractivity contribution in [3.8, 4) is 11.5 Å². The van der Waals surface area contributed by atoms with E-state index in [1.54, 1.807) is 64.3 Å². The number of aromatic nitrogens is 1. The minimum atomic E-state index is -0.764. The van der Waals surface area contributed by atoms with E-state index in [0.717, 1.165) is 0 Å². The third kappa shape index (κ3) is 5.99. The zero-order valence-electron chi connectivity index (χ0n) is 21.9. The summed E-state index contributed by atoms with van der Waals surface area (Å²) < 4.78 is 23.9. The highest BCUT2D eigenvalue weighted by Crippen LogP contribution is 2.35. The second-order valence-corrected chi connectivity index (χ2v) is 10.2. The molecule has 0 radical (unpaired) electrons. The minimum Gasteiger partial charge on any atom is -0.496 e. The molecule has 2 aromatic carbocycles. The largest absolute Gasteiger partial charge is 0.496 e. The Morgan fingerprint density at radius 3 is 2.54 bits per heavy atom. The number of benzene rings is 2. The topological polar surface area (TPSA) is 105 Å². The highest BCUT2D eigenvalue weighted by Gasteiger charge is 2.33. The van der Waals surface area contributed by atoms with Gasteiger partial charge in [0.2, 0.25) is 0 Å². The van der Waals surface area contributed by atoms with Crippen LogP contribution in [0.15, 0.2) is 68.0 Å². The fourth-order valence-electron chi connectivity index (χ4n) is 4.17. The van der Waals surface area contributed by atoms with Gasteiger partial charge >= 0.3 is 11.9 Å². The Bertz CT molecular complexity index is 1620. The Balaban J connectivity index is 1.86. The summed E-state index contributed by atoms with van der Waals surface area (Å²) in [5.74, 6) is 0.0152. The summed E-state index contributed by atoms with van der Waals surface area (Å²) in [6.07, 6.45) is 1.69. The predicted octanol–water partition coefficient (Wildman–Crippen LogP) is 3.51. The van der Waals surface area contributed by atoms with E-state index in [-0.39, 0.29) is 31.0 Å². The molecule has 1 aliphatic rings. The molecule has 204 valence electrons. The van der Waals surface area contributed by atoms with Crippen molar-refractivity contribution in [2.45, 2.75) is 26.8 Å². The average Bonchev–Trinajstić information content (AvgIpc) is 3.21. The van der Waals surface area contributed by atoms with Gasteiger partial charge in [0, 0.05) is 5.56 Å². The molecule has 1 aliphatic heterocycles. The van der Waals surface area contributed by atoms with Crippen LogP contribution in [0.25, 0.3) is 6.08 Å². The Morgan fingerprint density at radius 1 is 1.10 bits per heavy atom. The van der Waals surface area contributed by atoms with Crippen molar-refractivity contribution < 1.29 is 28.5 Å². The van der Waals surface area contributed by atoms with Crippen LogP contribution in [0.4, 0.5) is 0 Å². The Labute approximate surface area is 237 Å². The zero-order valence-corrected chi connectivity index (χ0v) is 24.3. The molecular formula is C28H27BrN2O7S. The van der Waals surface area contributed by atoms with Crippen molar-refractivity contribution in [1.82, 2.24) is 4.57 Å². The van der Waals surface area contributed by atoms with Crippen LogP contribution in [0.2, 0.25) is 0 Å². The number of methoxy groups -OCH3 is 1. The van der Waals surface area contributed by atoms with Crippen molar-refractivity contribution >= 4 is 45.3 Å². The third-order valence-electron chi connectivity index (χ3n) is 5.87. The van der Waals surface area contributed by atoms with Crippen LogP contribution >= 0.6 is 27.3 Å². The number of para-hydroxylation sites is 1. The van der Waals surface area contributed by atoms with Gasteiger partial charge in [0.15, 0.2) is 11.4 Å². The average molecular weight is 616 g/mol. The lowest BCUT2D eigenvalue weighted by atomic mass is 9.96. The normalized spacial score (nSPS) is 14.9. The smallest absolute Gasteiger partial charge is 0.344 e. The quantitative estimate of drug-likeness (QED) is 0.340. The molecule has 0 saturated heterocycles. The van der Waals surface area contributed by atoms with Gasteiger partial charge in [-0.3, -0.25) is 9.36 Å². The highest BCUT2D eigenvalue weighted by atomic mass is 79.9. The number of fused-ring (bicyclic) bond motifs is 1. The number of ether oxygens (including phenoxy) is 4. The van der Waals surface area contributed by atoms with Crippen molar-refractivity contribution in [2.75, 3.05) is 26.9 Å². The number of hydrogen-bond donors (Lipinski definition) is 0. The van der Waals surface area contributed by atoms with Gasteiger partial charge < -0.3 is 18.9 Å². The van der Waals surface area contributed by atoms with Gasteiger partial charge in [0.05, 0.1) is 46.6 Å². The van der Waals surface area contributed by atoms with Gasteiger partial charge in [0.1, 0.15) is 11.5 Å². The molecule has 9 nitrogen and oxygen atoms in total. The van der Waals surface area contributed by atoms with Crippen LogP contribution in [0.1, 0.15) is 37.9 Å². The van der Waals surface area contributed by atoms with Crippen LogP contribution in [-0.2, 0) is 19.1 Å². The van der Waals surface area contributed by atoms with Crippen molar-refractivity contribution in [3.63, 3.8) is 0 Å². The molecule has 39 heavy (non-hydrogen) atoms. The number of thiazole rings is 1. The molecule has 11 heteroatoms. The molecule has 0 amide bonds. The first-order chi connectivity index (χ1) is 18.8. The number of carbonyl (C=O) groups is 2. The number of carbonyl (C=O) groups excluding carboxylic acids is 2. The summed E-state index contributed by atoms with van der Waals surface area (Å²) in [5.41, 5.74) is 1.72. The van der Waals surface area contributed by atoms with Crippen molar-refractivity contribution in [2.24, 2.45) is 4.99 Å². The number of nitrogens with zero attached hydrogens (tertiary/aromatic N) is 2. The summed E-state index contributed by atoms with van der Waals surface area (Å²) in [6.45, 7) is 5.36. The second kappa shape index (κ2) is 12.4. The maximum atomic E-state index is 13.9. The Kier molecular flexibility index (Phi) is 9.03. The number of hydrogen-bond acceptors (Lipinski definition) is 9. The van der Waals surface area contributed by atoms with E-state index in [0.29, 0.717) is 42.1 Å². The van der Waals surface area contributed by atoms with E-state index in [1.165, 1.54) is 15.9 Å². The van der Waals surface area contributed by atoms with Crippen LogP contribution in [0, 0.1) is 0 Å². The molecule has 1 aromatic heterocycles. The Hall–Kier alpha value is -3.70. The molecular weight excluding hydrogens is 588 g/mol. The summed E-state index contributed by atoms with van der Waals surface area (Å²) in [6, 6.07) is 11.7. The monoisotopic (exact) mass is 614 g/mol. The lowest BCUT2D eigenvalue weighted by molar-refractivity contribution is -0.145. The van der Waals surface area contributed by atoms with Gasteiger partial charge in [-0.05, 0) is 66.5 Å². The number of halogens is 1. The molecule has 0 spiro atoms. The first-order valence-electron chi connectivity index (χ1n) is 12.2. The van der Waals surface area contributed by atoms with Gasteiger partial charge in [-0.15, -0.1) is 0 Å². The van der Waals surface area contributed by atoms with E-state index < -0.39 is 18.0 Å². The van der Waals surface area contributed by atoms with Gasteiger partial charge in [0.25, 0.3) is 5.56 Å². The van der Waals surface area contributed by atoms with Gasteiger partial charge in [-0.1, -0.05) is 35.6 Å². The standard InChI is InChI=1S/C28H27BrN2O7S/c1-5-36-23(32)15-38-20-10-8-7-9-17(20)14-22-26(33)31-25(18-11-12-21(35-4)19(29)13-18)24(27(34)37-6-2)16(3)30-28(31)39-22/h7-14,25H,5-6,15H2,1-4H3/b22-14+/t25-/m1/s1. The Morgan fingerprint density at radius 2 is 1.85 bits per heavy atom. The van der Waals surface area contributed by atoms with E-state index in [9.17, 15) is 14.4 Å². The lowest BCUT2D eigenvalue weighted by Crippen LogP contribution is -2.40. The third-order valence-corrected chi connectivity index (χ3v) is 7.47. The number of rotatable bonds is 9. The molecule has 2 heterocycles. The van der Waals surface area contributed by atoms with Gasteiger partial charge in [-0.2, -0.15) is 0 Å². The van der Waals surface area contributed by atoms with E-state index >= 15 is 0 Å². The SMILES string of the molecule is CCOC(=O)COc1ccccc1/C=c1/sc2n(c1=O)[C@H](c1ccc(OC)c(Br)c1)C(C(=O)OCC)=C(C)N=2.